The van der Waals surface area contributed by atoms with Crippen molar-refractivity contribution in [2.45, 2.75) is 19.5 Å². The molecule has 0 saturated heterocycles. The summed E-state index contributed by atoms with van der Waals surface area (Å²) in [5.41, 5.74) is 0. The van der Waals surface area contributed by atoms with E-state index in [1.807, 2.05) is 19.2 Å². The molecule has 0 aliphatic rings. The topological polar surface area (TPSA) is 101 Å². The number of hydrogen-bond acceptors (Lipinski definition) is 5. The number of nitrogens with zero attached hydrogens (tertiary/aromatic N) is 5. The number of tetrazole rings is 1. The fourth-order valence-corrected chi connectivity index (χ4v) is 1.28. The van der Waals surface area contributed by atoms with E-state index in [9.17, 15) is 4.79 Å². The van der Waals surface area contributed by atoms with Gasteiger partial charge in [-0.15, -0.1) is 10.2 Å². The number of aromatic nitrogens is 6. The van der Waals surface area contributed by atoms with Crippen LogP contribution in [-0.2, 0) is 6.54 Å². The highest BCUT2D eigenvalue weighted by Gasteiger charge is 2.13. The number of hydrogen-bond donors (Lipinski definition) is 2. The van der Waals surface area contributed by atoms with Crippen LogP contribution in [0.15, 0.2) is 18.5 Å². The highest BCUT2D eigenvalue weighted by atomic mass is 16.2. The molecule has 16 heavy (non-hydrogen) atoms. The smallest absolute Gasteiger partial charge is 0.293 e. The van der Waals surface area contributed by atoms with Crippen LogP contribution in [0.2, 0.25) is 0 Å². The lowest BCUT2D eigenvalue weighted by molar-refractivity contribution is 0.0925. The van der Waals surface area contributed by atoms with Gasteiger partial charge in [0.15, 0.2) is 0 Å². The minimum absolute atomic E-state index is 0.0346. The molecule has 2 heterocycles. The molecule has 2 rings (SSSR count). The van der Waals surface area contributed by atoms with Crippen LogP contribution in [0.3, 0.4) is 0 Å². The van der Waals surface area contributed by atoms with Crippen molar-refractivity contribution in [2.24, 2.45) is 0 Å². The molecule has 0 aromatic carbocycles. The average molecular weight is 221 g/mol. The molecule has 0 saturated carbocycles. The molecule has 2 aromatic heterocycles. The summed E-state index contributed by atoms with van der Waals surface area (Å²) < 4.78 is 1.74. The van der Waals surface area contributed by atoms with E-state index < -0.39 is 0 Å². The molecule has 0 fully saturated rings. The molecule has 2 aromatic rings. The van der Waals surface area contributed by atoms with Crippen molar-refractivity contribution >= 4 is 5.91 Å². The monoisotopic (exact) mass is 221 g/mol. The largest absolute Gasteiger partial charge is 0.345 e. The number of carbonyl (C=O) groups excluding carboxylic acids is 1. The number of amides is 1. The molecule has 1 atom stereocenters. The van der Waals surface area contributed by atoms with Gasteiger partial charge in [0.2, 0.25) is 0 Å². The van der Waals surface area contributed by atoms with Crippen molar-refractivity contribution < 1.29 is 4.79 Å². The molecule has 1 amide bonds. The Hall–Kier alpha value is -2.25. The van der Waals surface area contributed by atoms with Crippen LogP contribution in [0.25, 0.3) is 0 Å². The zero-order valence-electron chi connectivity index (χ0n) is 8.66. The van der Waals surface area contributed by atoms with Gasteiger partial charge in [-0.2, -0.15) is 10.3 Å². The minimum Gasteiger partial charge on any atom is -0.345 e. The van der Waals surface area contributed by atoms with Gasteiger partial charge in [0.1, 0.15) is 0 Å². The van der Waals surface area contributed by atoms with E-state index in [1.54, 1.807) is 10.9 Å². The molecule has 1 unspecified atom stereocenters. The number of carbonyl (C=O) groups is 1. The van der Waals surface area contributed by atoms with Gasteiger partial charge in [-0.25, -0.2) is 0 Å². The van der Waals surface area contributed by atoms with Crippen LogP contribution in [-0.4, -0.2) is 42.4 Å². The van der Waals surface area contributed by atoms with Gasteiger partial charge in [-0.1, -0.05) is 0 Å². The molecular formula is C8H11N7O. The first kappa shape index (κ1) is 10.3. The quantitative estimate of drug-likeness (QED) is 0.704. The summed E-state index contributed by atoms with van der Waals surface area (Å²) in [6, 6.07) is 1.76. The Morgan fingerprint density at radius 2 is 2.56 bits per heavy atom. The number of rotatable bonds is 4. The molecular weight excluding hydrogens is 210 g/mol. The van der Waals surface area contributed by atoms with Crippen molar-refractivity contribution in [1.82, 2.24) is 35.7 Å². The summed E-state index contributed by atoms with van der Waals surface area (Å²) in [6.07, 6.45) is 3.52. The van der Waals surface area contributed by atoms with Gasteiger partial charge < -0.3 is 5.32 Å². The van der Waals surface area contributed by atoms with Crippen molar-refractivity contribution in [3.63, 3.8) is 0 Å². The van der Waals surface area contributed by atoms with E-state index in [0.717, 1.165) is 0 Å². The highest BCUT2D eigenvalue weighted by molar-refractivity contribution is 5.90. The van der Waals surface area contributed by atoms with E-state index in [4.69, 9.17) is 0 Å². The molecule has 0 spiro atoms. The number of H-pyrrole nitrogens is 1. The van der Waals surface area contributed by atoms with E-state index in [1.165, 1.54) is 0 Å². The first-order valence-corrected chi connectivity index (χ1v) is 4.77. The van der Waals surface area contributed by atoms with Crippen LogP contribution in [0, 0.1) is 0 Å². The molecule has 0 radical (unpaired) electrons. The Bertz CT molecular complexity index is 435. The van der Waals surface area contributed by atoms with Gasteiger partial charge in [-0.05, 0) is 18.2 Å². The van der Waals surface area contributed by atoms with E-state index in [2.05, 4.69) is 31.0 Å². The molecule has 2 N–H and O–H groups in total. The fraction of sp³-hybridized carbons (Fsp3) is 0.375. The van der Waals surface area contributed by atoms with Crippen molar-refractivity contribution in [2.75, 3.05) is 0 Å². The summed E-state index contributed by atoms with van der Waals surface area (Å²) in [5, 5.41) is 19.5. The number of aromatic amines is 1. The Morgan fingerprint density at radius 3 is 3.19 bits per heavy atom. The summed E-state index contributed by atoms with van der Waals surface area (Å²) in [7, 11) is 0. The van der Waals surface area contributed by atoms with Gasteiger partial charge in [-0.3, -0.25) is 9.48 Å². The molecule has 0 aliphatic heterocycles. The predicted molar refractivity (Wildman–Crippen MR) is 53.3 cm³/mol. The van der Waals surface area contributed by atoms with Gasteiger partial charge in [0.05, 0.1) is 6.54 Å². The van der Waals surface area contributed by atoms with Crippen LogP contribution in [0.5, 0.6) is 0 Å². The fourth-order valence-electron chi connectivity index (χ4n) is 1.28. The van der Waals surface area contributed by atoms with Crippen molar-refractivity contribution in [3.8, 4) is 0 Å². The minimum atomic E-state index is -0.353. The van der Waals surface area contributed by atoms with Crippen LogP contribution in [0.1, 0.15) is 17.5 Å². The van der Waals surface area contributed by atoms with Crippen LogP contribution in [0.4, 0.5) is 0 Å². The zero-order valence-corrected chi connectivity index (χ0v) is 8.66. The summed E-state index contributed by atoms with van der Waals surface area (Å²) in [4.78, 5) is 11.5. The van der Waals surface area contributed by atoms with E-state index in [0.29, 0.717) is 6.54 Å². The zero-order chi connectivity index (χ0) is 11.4. The van der Waals surface area contributed by atoms with Gasteiger partial charge in [0, 0.05) is 18.4 Å². The van der Waals surface area contributed by atoms with Crippen LogP contribution < -0.4 is 5.32 Å². The second-order valence-electron chi connectivity index (χ2n) is 3.34. The molecule has 8 nitrogen and oxygen atoms in total. The van der Waals surface area contributed by atoms with Crippen molar-refractivity contribution in [1.29, 1.82) is 0 Å². The third-order valence-electron chi connectivity index (χ3n) is 1.95. The molecule has 84 valence electrons. The lowest BCUT2D eigenvalue weighted by Gasteiger charge is -2.12. The maximum absolute atomic E-state index is 11.5. The van der Waals surface area contributed by atoms with Gasteiger partial charge in [0.25, 0.3) is 11.7 Å². The summed E-state index contributed by atoms with van der Waals surface area (Å²) in [5.74, 6) is -0.319. The first-order chi connectivity index (χ1) is 7.75. The predicted octanol–water partition coefficient (Wildman–Crippen LogP) is -0.785. The lowest BCUT2D eigenvalue weighted by Crippen LogP contribution is -2.36. The van der Waals surface area contributed by atoms with E-state index >= 15 is 0 Å². The third-order valence-corrected chi connectivity index (χ3v) is 1.95. The standard InChI is InChI=1S/C8H11N7O/c1-6(5-15-4-2-3-9-15)10-8(16)7-11-13-14-12-7/h2-4,6H,5H2,1H3,(H,10,16)(H,11,12,13,14). The van der Waals surface area contributed by atoms with Gasteiger partial charge >= 0.3 is 0 Å². The second kappa shape index (κ2) is 4.51. The normalized spacial score (nSPS) is 12.3. The molecule has 8 heteroatoms. The maximum Gasteiger partial charge on any atom is 0.293 e. The average Bonchev–Trinajstić information content (AvgIpc) is 2.88. The van der Waals surface area contributed by atoms with Crippen LogP contribution >= 0.6 is 0 Å². The Morgan fingerprint density at radius 1 is 1.69 bits per heavy atom. The highest BCUT2D eigenvalue weighted by Crippen LogP contribution is 1.92. The Kier molecular flexibility index (Phi) is 2.90. The Balaban J connectivity index is 1.88. The summed E-state index contributed by atoms with van der Waals surface area (Å²) in [6.45, 7) is 2.47. The Labute approximate surface area is 91.0 Å². The third kappa shape index (κ3) is 2.41. The van der Waals surface area contributed by atoms with Crippen molar-refractivity contribution in [3.05, 3.63) is 24.3 Å². The lowest BCUT2D eigenvalue weighted by atomic mass is 10.3. The summed E-state index contributed by atoms with van der Waals surface area (Å²) >= 11 is 0. The number of nitrogens with one attached hydrogen (secondary N) is 2. The van der Waals surface area contributed by atoms with E-state index in [-0.39, 0.29) is 17.8 Å². The SMILES string of the molecule is CC(Cn1cccn1)NC(=O)c1nn[nH]n1. The second-order valence-corrected chi connectivity index (χ2v) is 3.34. The first-order valence-electron chi connectivity index (χ1n) is 4.77. The molecule has 0 bridgehead atoms. The maximum atomic E-state index is 11.5. The molecule has 0 aliphatic carbocycles.